The Hall–Kier alpha value is -2.78. The SMILES string of the molecule is Cc1cc(-c2cccnc2)cc2c1C(C=O)N(Cc1ccc(C(C)C)cc1)C2. The Morgan fingerprint density at radius 3 is 2.57 bits per heavy atom. The monoisotopic (exact) mass is 370 g/mol. The zero-order chi connectivity index (χ0) is 19.7. The van der Waals surface area contributed by atoms with Gasteiger partial charge >= 0.3 is 0 Å². The van der Waals surface area contributed by atoms with Gasteiger partial charge in [0.25, 0.3) is 0 Å². The molecule has 3 nitrogen and oxygen atoms in total. The van der Waals surface area contributed by atoms with E-state index in [-0.39, 0.29) is 6.04 Å². The van der Waals surface area contributed by atoms with Crippen molar-refractivity contribution < 1.29 is 4.79 Å². The third kappa shape index (κ3) is 3.50. The Labute approximate surface area is 167 Å². The number of fused-ring (bicyclic) bond motifs is 1. The van der Waals surface area contributed by atoms with E-state index in [1.165, 1.54) is 27.8 Å². The van der Waals surface area contributed by atoms with Crippen molar-refractivity contribution in [2.45, 2.75) is 45.8 Å². The summed E-state index contributed by atoms with van der Waals surface area (Å²) in [6.45, 7) is 8.09. The van der Waals surface area contributed by atoms with Gasteiger partial charge in [0.2, 0.25) is 0 Å². The van der Waals surface area contributed by atoms with E-state index >= 15 is 0 Å². The number of aldehydes is 1. The zero-order valence-corrected chi connectivity index (χ0v) is 16.7. The van der Waals surface area contributed by atoms with Crippen LogP contribution in [0.25, 0.3) is 11.1 Å². The Bertz CT molecular complexity index is 977. The molecule has 0 spiro atoms. The third-order valence-corrected chi connectivity index (χ3v) is 5.69. The second-order valence-electron chi connectivity index (χ2n) is 7.99. The predicted octanol–water partition coefficient (Wildman–Crippen LogP) is 5.44. The minimum absolute atomic E-state index is 0.178. The fourth-order valence-corrected chi connectivity index (χ4v) is 4.18. The van der Waals surface area contributed by atoms with E-state index in [4.69, 9.17) is 0 Å². The summed E-state index contributed by atoms with van der Waals surface area (Å²) in [7, 11) is 0. The first-order chi connectivity index (χ1) is 13.6. The fourth-order valence-electron chi connectivity index (χ4n) is 4.18. The average molecular weight is 370 g/mol. The number of hydrogen-bond donors (Lipinski definition) is 0. The lowest BCUT2D eigenvalue weighted by Gasteiger charge is -2.21. The molecule has 2 heterocycles. The Balaban J connectivity index is 1.62. The lowest BCUT2D eigenvalue weighted by molar-refractivity contribution is -0.112. The van der Waals surface area contributed by atoms with Gasteiger partial charge in [-0.25, -0.2) is 0 Å². The molecule has 1 aliphatic heterocycles. The van der Waals surface area contributed by atoms with Gasteiger partial charge in [-0.3, -0.25) is 9.88 Å². The highest BCUT2D eigenvalue weighted by molar-refractivity contribution is 5.71. The molecule has 1 atom stereocenters. The molecular weight excluding hydrogens is 344 g/mol. The highest BCUT2D eigenvalue weighted by Gasteiger charge is 2.31. The van der Waals surface area contributed by atoms with E-state index in [9.17, 15) is 4.79 Å². The molecular formula is C25H26N2O. The minimum atomic E-state index is -0.178. The number of hydrogen-bond acceptors (Lipinski definition) is 3. The van der Waals surface area contributed by atoms with E-state index in [0.29, 0.717) is 5.92 Å². The summed E-state index contributed by atoms with van der Waals surface area (Å²) in [5.41, 5.74) is 8.45. The van der Waals surface area contributed by atoms with Crippen LogP contribution in [0.2, 0.25) is 0 Å². The van der Waals surface area contributed by atoms with Crippen molar-refractivity contribution in [1.29, 1.82) is 0 Å². The van der Waals surface area contributed by atoms with Gasteiger partial charge in [-0.05, 0) is 58.4 Å². The van der Waals surface area contributed by atoms with E-state index < -0.39 is 0 Å². The van der Waals surface area contributed by atoms with Crippen molar-refractivity contribution in [2.75, 3.05) is 0 Å². The number of carbonyl (C=O) groups is 1. The molecule has 0 aliphatic carbocycles. The molecule has 0 bridgehead atoms. The molecule has 4 rings (SSSR count). The molecule has 2 aromatic carbocycles. The van der Waals surface area contributed by atoms with Gasteiger partial charge in [-0.15, -0.1) is 0 Å². The summed E-state index contributed by atoms with van der Waals surface area (Å²) < 4.78 is 0. The second kappa shape index (κ2) is 7.69. The number of rotatable bonds is 5. The number of carbonyl (C=O) groups excluding carboxylic acids is 1. The van der Waals surface area contributed by atoms with Crippen LogP contribution in [0, 0.1) is 6.92 Å². The molecule has 3 heteroatoms. The third-order valence-electron chi connectivity index (χ3n) is 5.69. The van der Waals surface area contributed by atoms with Gasteiger partial charge in [-0.1, -0.05) is 50.2 Å². The number of benzene rings is 2. The summed E-state index contributed by atoms with van der Waals surface area (Å²) in [4.78, 5) is 18.5. The molecule has 3 aromatic rings. The lowest BCUT2D eigenvalue weighted by atomic mass is 9.94. The lowest BCUT2D eigenvalue weighted by Crippen LogP contribution is -2.22. The predicted molar refractivity (Wildman–Crippen MR) is 113 cm³/mol. The van der Waals surface area contributed by atoms with Crippen LogP contribution in [0.3, 0.4) is 0 Å². The molecule has 0 saturated heterocycles. The van der Waals surface area contributed by atoms with Gasteiger partial charge in [-0.2, -0.15) is 0 Å². The highest BCUT2D eigenvalue weighted by Crippen LogP contribution is 2.38. The topological polar surface area (TPSA) is 33.2 Å². The summed E-state index contributed by atoms with van der Waals surface area (Å²) in [5, 5.41) is 0. The van der Waals surface area contributed by atoms with E-state index in [2.05, 4.69) is 73.1 Å². The molecule has 1 unspecified atom stereocenters. The van der Waals surface area contributed by atoms with Crippen LogP contribution in [0.5, 0.6) is 0 Å². The van der Waals surface area contributed by atoms with Gasteiger partial charge < -0.3 is 4.79 Å². The molecule has 0 N–H and O–H groups in total. The van der Waals surface area contributed by atoms with Crippen LogP contribution in [-0.4, -0.2) is 16.2 Å². The Morgan fingerprint density at radius 1 is 1.14 bits per heavy atom. The molecule has 0 saturated carbocycles. The fraction of sp³-hybridized carbons (Fsp3) is 0.280. The van der Waals surface area contributed by atoms with Crippen molar-refractivity contribution in [3.8, 4) is 11.1 Å². The summed E-state index contributed by atoms with van der Waals surface area (Å²) in [6.07, 6.45) is 4.77. The van der Waals surface area contributed by atoms with Crippen LogP contribution in [-0.2, 0) is 17.9 Å². The van der Waals surface area contributed by atoms with Crippen LogP contribution in [0.4, 0.5) is 0 Å². The van der Waals surface area contributed by atoms with E-state index in [1.54, 1.807) is 6.20 Å². The van der Waals surface area contributed by atoms with Crippen molar-refractivity contribution in [3.63, 3.8) is 0 Å². The molecule has 1 aromatic heterocycles. The largest absolute Gasteiger partial charge is 0.301 e. The number of pyridine rings is 1. The van der Waals surface area contributed by atoms with Crippen LogP contribution >= 0.6 is 0 Å². The summed E-state index contributed by atoms with van der Waals surface area (Å²) in [5.74, 6) is 0.529. The molecule has 0 amide bonds. The standard InChI is InChI=1S/C25H26N2O/c1-17(2)20-8-6-19(7-9-20)14-27-15-23-12-22(21-5-4-10-26-13-21)11-18(3)25(23)24(27)16-28/h4-13,16-17,24H,14-15H2,1-3H3. The first kappa shape index (κ1) is 18.6. The van der Waals surface area contributed by atoms with Crippen molar-refractivity contribution in [1.82, 2.24) is 9.88 Å². The Kier molecular flexibility index (Phi) is 5.10. The first-order valence-electron chi connectivity index (χ1n) is 9.89. The first-order valence-corrected chi connectivity index (χ1v) is 9.89. The van der Waals surface area contributed by atoms with Crippen molar-refractivity contribution >= 4 is 6.29 Å². The maximum absolute atomic E-state index is 12.0. The summed E-state index contributed by atoms with van der Waals surface area (Å²) in [6, 6.07) is 17.0. The maximum Gasteiger partial charge on any atom is 0.141 e. The molecule has 142 valence electrons. The maximum atomic E-state index is 12.0. The van der Waals surface area contributed by atoms with Crippen LogP contribution in [0.15, 0.2) is 60.9 Å². The van der Waals surface area contributed by atoms with Gasteiger partial charge in [0, 0.05) is 31.0 Å². The molecule has 0 fully saturated rings. The van der Waals surface area contributed by atoms with E-state index in [1.807, 2.05) is 12.3 Å². The normalized spacial score (nSPS) is 16.4. The number of aromatic nitrogens is 1. The minimum Gasteiger partial charge on any atom is -0.301 e. The second-order valence-corrected chi connectivity index (χ2v) is 7.99. The molecule has 0 radical (unpaired) electrons. The van der Waals surface area contributed by atoms with E-state index in [0.717, 1.165) is 30.5 Å². The number of aryl methyl sites for hydroxylation is 1. The van der Waals surface area contributed by atoms with Crippen molar-refractivity contribution in [3.05, 3.63) is 88.7 Å². The van der Waals surface area contributed by atoms with Crippen molar-refractivity contribution in [2.24, 2.45) is 0 Å². The molecule has 1 aliphatic rings. The zero-order valence-electron chi connectivity index (χ0n) is 16.7. The highest BCUT2D eigenvalue weighted by atomic mass is 16.1. The van der Waals surface area contributed by atoms with Crippen LogP contribution < -0.4 is 0 Å². The average Bonchev–Trinajstić information content (AvgIpc) is 3.06. The molecule has 28 heavy (non-hydrogen) atoms. The number of nitrogens with zero attached hydrogens (tertiary/aromatic N) is 2. The van der Waals surface area contributed by atoms with Gasteiger partial charge in [0.05, 0.1) is 6.04 Å². The van der Waals surface area contributed by atoms with Gasteiger partial charge in [0.15, 0.2) is 0 Å². The van der Waals surface area contributed by atoms with Gasteiger partial charge in [0.1, 0.15) is 6.29 Å². The van der Waals surface area contributed by atoms with Crippen LogP contribution in [0.1, 0.15) is 53.6 Å². The summed E-state index contributed by atoms with van der Waals surface area (Å²) >= 11 is 0. The quantitative estimate of drug-likeness (QED) is 0.561. The Morgan fingerprint density at radius 2 is 1.93 bits per heavy atom. The smallest absolute Gasteiger partial charge is 0.141 e.